The Bertz CT molecular complexity index is 619. The van der Waals surface area contributed by atoms with Crippen LogP contribution in [0.2, 0.25) is 0 Å². The van der Waals surface area contributed by atoms with E-state index < -0.39 is 0 Å². The molecule has 3 atom stereocenters. The van der Waals surface area contributed by atoms with Crippen molar-refractivity contribution < 1.29 is 23.8 Å². The van der Waals surface area contributed by atoms with Crippen molar-refractivity contribution in [1.82, 2.24) is 10.2 Å². The lowest BCUT2D eigenvalue weighted by atomic mass is 10.0. The van der Waals surface area contributed by atoms with Crippen molar-refractivity contribution in [2.75, 3.05) is 58.5 Å². The number of rotatable bonds is 19. The van der Waals surface area contributed by atoms with Gasteiger partial charge in [-0.25, -0.2) is 4.79 Å². The first-order valence-electron chi connectivity index (χ1n) is 11.6. The van der Waals surface area contributed by atoms with Gasteiger partial charge < -0.3 is 24.4 Å². The fraction of sp³-hybridized carbons (Fsp3) is 0.905. The summed E-state index contributed by atoms with van der Waals surface area (Å²) in [7, 11) is 0. The molecule has 0 unspecified atom stereocenters. The first-order chi connectivity index (χ1) is 15.7. The number of likely N-dealkylation sites (N-methyl/N-ethyl adjacent to an activating group) is 1. The van der Waals surface area contributed by atoms with Gasteiger partial charge in [0, 0.05) is 48.5 Å². The molecule has 182 valence electrons. The van der Waals surface area contributed by atoms with Crippen LogP contribution in [0.4, 0.5) is 4.79 Å². The normalized spacial score (nSPS) is 22.0. The lowest BCUT2D eigenvalue weighted by Gasteiger charge is -2.26. The number of azide groups is 1. The number of hydrogen-bond donors (Lipinski definition) is 1. The Morgan fingerprint density at radius 3 is 2.53 bits per heavy atom. The lowest BCUT2D eigenvalue weighted by Crippen LogP contribution is -2.40. The minimum absolute atomic E-state index is 0.0738. The van der Waals surface area contributed by atoms with Gasteiger partial charge in [-0.15, -0.1) is 0 Å². The Balaban J connectivity index is 1.38. The Morgan fingerprint density at radius 1 is 1.12 bits per heavy atom. The molecule has 0 bridgehead atoms. The van der Waals surface area contributed by atoms with Crippen molar-refractivity contribution in [3.8, 4) is 0 Å². The molecule has 2 rings (SSSR count). The Morgan fingerprint density at radius 2 is 1.81 bits per heavy atom. The van der Waals surface area contributed by atoms with Crippen molar-refractivity contribution >= 4 is 23.6 Å². The average Bonchev–Trinajstić information content (AvgIpc) is 3.32. The van der Waals surface area contributed by atoms with Gasteiger partial charge in [0.25, 0.3) is 0 Å². The van der Waals surface area contributed by atoms with E-state index in [1.165, 1.54) is 0 Å². The number of fused-ring (bicyclic) bond motifs is 1. The summed E-state index contributed by atoms with van der Waals surface area (Å²) in [4.78, 5) is 28.7. The van der Waals surface area contributed by atoms with E-state index in [1.807, 2.05) is 23.6 Å². The second-order valence-corrected chi connectivity index (χ2v) is 9.16. The van der Waals surface area contributed by atoms with Crippen LogP contribution in [0, 0.1) is 0 Å². The smallest absolute Gasteiger partial charge is 0.318 e. The van der Waals surface area contributed by atoms with Crippen molar-refractivity contribution in [3.05, 3.63) is 10.4 Å². The number of nitrogens with one attached hydrogen (secondary N) is 1. The summed E-state index contributed by atoms with van der Waals surface area (Å²) in [5, 5.41) is 6.94. The molecule has 1 N–H and O–H groups in total. The molecule has 0 radical (unpaired) electrons. The standard InChI is InChI=1S/C21H37N5O5S/c1-2-26-20-18(24-21(26)28)16-32-19(20)8-4-3-6-17(27)7-5-10-29-12-14-31-15-13-30-11-9-23-25-22/h18-20H,2-16H2,1H3,(H,24,28)/t18-,19-,20-/m0/s1. The van der Waals surface area contributed by atoms with Crippen LogP contribution in [0.25, 0.3) is 10.4 Å². The van der Waals surface area contributed by atoms with Crippen LogP contribution >= 0.6 is 11.8 Å². The van der Waals surface area contributed by atoms with Crippen molar-refractivity contribution in [3.63, 3.8) is 0 Å². The molecule has 0 aromatic carbocycles. The highest BCUT2D eigenvalue weighted by molar-refractivity contribution is 8.00. The van der Waals surface area contributed by atoms with Crippen molar-refractivity contribution in [2.24, 2.45) is 5.11 Å². The van der Waals surface area contributed by atoms with Crippen LogP contribution < -0.4 is 5.32 Å². The summed E-state index contributed by atoms with van der Waals surface area (Å²) in [6.07, 6.45) is 4.94. The molecule has 0 aliphatic carbocycles. The molecule has 2 heterocycles. The number of hydrogen-bond acceptors (Lipinski definition) is 7. The van der Waals surface area contributed by atoms with E-state index in [-0.39, 0.29) is 12.1 Å². The molecule has 2 saturated heterocycles. The van der Waals surface area contributed by atoms with Gasteiger partial charge in [-0.3, -0.25) is 4.79 Å². The Labute approximate surface area is 194 Å². The summed E-state index contributed by atoms with van der Waals surface area (Å²) < 4.78 is 16.1. The number of thioether (sulfide) groups is 1. The fourth-order valence-electron chi connectivity index (χ4n) is 4.07. The van der Waals surface area contributed by atoms with E-state index >= 15 is 0 Å². The first kappa shape index (κ1) is 26.7. The molecule has 2 amide bonds. The van der Waals surface area contributed by atoms with Gasteiger partial charge in [-0.05, 0) is 31.7 Å². The summed E-state index contributed by atoms with van der Waals surface area (Å²) >= 11 is 1.96. The van der Waals surface area contributed by atoms with Crippen LogP contribution in [-0.4, -0.2) is 92.5 Å². The van der Waals surface area contributed by atoms with Crippen LogP contribution in [0.1, 0.15) is 45.4 Å². The zero-order valence-corrected chi connectivity index (χ0v) is 19.9. The van der Waals surface area contributed by atoms with Crippen molar-refractivity contribution in [2.45, 2.75) is 62.8 Å². The maximum atomic E-state index is 12.1. The minimum atomic E-state index is 0.0738. The van der Waals surface area contributed by atoms with E-state index in [2.05, 4.69) is 15.3 Å². The molecule has 0 saturated carbocycles. The molecule has 2 fully saturated rings. The van der Waals surface area contributed by atoms with Crippen LogP contribution in [0.3, 0.4) is 0 Å². The van der Waals surface area contributed by atoms with Gasteiger partial charge in [0.05, 0.1) is 45.1 Å². The van der Waals surface area contributed by atoms with Gasteiger partial charge in [-0.2, -0.15) is 11.8 Å². The topological polar surface area (TPSA) is 126 Å². The number of Topliss-reactive ketones (excluding diaryl/α,β-unsaturated/α-hetero) is 1. The van der Waals surface area contributed by atoms with Crippen molar-refractivity contribution in [1.29, 1.82) is 0 Å². The molecule has 0 aromatic heterocycles. The predicted octanol–water partition coefficient (Wildman–Crippen LogP) is 3.15. The molecule has 32 heavy (non-hydrogen) atoms. The molecule has 11 heteroatoms. The number of carbonyl (C=O) groups excluding carboxylic acids is 2. The monoisotopic (exact) mass is 471 g/mol. The first-order valence-corrected chi connectivity index (χ1v) is 12.7. The van der Waals surface area contributed by atoms with Gasteiger partial charge >= 0.3 is 6.03 Å². The molecule has 0 aromatic rings. The minimum Gasteiger partial charge on any atom is -0.379 e. The maximum Gasteiger partial charge on any atom is 0.318 e. The largest absolute Gasteiger partial charge is 0.379 e. The summed E-state index contributed by atoms with van der Waals surface area (Å²) in [6.45, 7) is 6.00. The number of urea groups is 1. The highest BCUT2D eigenvalue weighted by Gasteiger charge is 2.47. The molecule has 0 spiro atoms. The third-order valence-electron chi connectivity index (χ3n) is 5.63. The molecule has 2 aliphatic heterocycles. The van der Waals surface area contributed by atoms with Crippen LogP contribution in [0.5, 0.6) is 0 Å². The van der Waals surface area contributed by atoms with Gasteiger partial charge in [0.15, 0.2) is 0 Å². The summed E-state index contributed by atoms with van der Waals surface area (Å²) in [5.74, 6) is 1.29. The SMILES string of the molecule is CCN1C(=O)N[C@H]2CS[C@@H](CCCCC(=O)CCCOCCOCCOCCN=[N+]=[N-])[C@H]21. The number of ketones is 1. The highest BCUT2D eigenvalue weighted by atomic mass is 32.2. The van der Waals surface area contributed by atoms with Gasteiger partial charge in [0.2, 0.25) is 0 Å². The quantitative estimate of drug-likeness (QED) is 0.101. The predicted molar refractivity (Wildman–Crippen MR) is 124 cm³/mol. The zero-order chi connectivity index (χ0) is 23.0. The van der Waals surface area contributed by atoms with E-state index in [9.17, 15) is 9.59 Å². The van der Waals surface area contributed by atoms with E-state index in [4.69, 9.17) is 19.7 Å². The second-order valence-electron chi connectivity index (χ2n) is 7.88. The van der Waals surface area contributed by atoms with Crippen LogP contribution in [-0.2, 0) is 19.0 Å². The average molecular weight is 472 g/mol. The van der Waals surface area contributed by atoms with Crippen LogP contribution in [0.15, 0.2) is 5.11 Å². The molecule has 10 nitrogen and oxygen atoms in total. The van der Waals surface area contributed by atoms with E-state index in [0.29, 0.717) is 76.1 Å². The number of nitrogens with zero attached hydrogens (tertiary/aromatic N) is 4. The third-order valence-corrected chi connectivity index (χ3v) is 7.13. The molecular formula is C21H37N5O5S. The Hall–Kier alpha value is -1.52. The molecular weight excluding hydrogens is 434 g/mol. The molecule has 2 aliphatic rings. The summed E-state index contributed by atoms with van der Waals surface area (Å²) in [6, 6.07) is 0.670. The van der Waals surface area contributed by atoms with E-state index in [1.54, 1.807) is 0 Å². The number of unbranched alkanes of at least 4 members (excludes halogenated alkanes) is 1. The highest BCUT2D eigenvalue weighted by Crippen LogP contribution is 2.37. The number of amides is 2. The maximum absolute atomic E-state index is 12.1. The van der Waals surface area contributed by atoms with Gasteiger partial charge in [-0.1, -0.05) is 11.5 Å². The Kier molecular flexibility index (Phi) is 13.5. The second kappa shape index (κ2) is 16.1. The van der Waals surface area contributed by atoms with Gasteiger partial charge in [0.1, 0.15) is 5.78 Å². The lowest BCUT2D eigenvalue weighted by molar-refractivity contribution is -0.119. The third kappa shape index (κ3) is 9.54. The fourth-order valence-corrected chi connectivity index (χ4v) is 5.67. The zero-order valence-electron chi connectivity index (χ0n) is 19.1. The number of carbonyl (C=O) groups is 2. The van der Waals surface area contributed by atoms with E-state index in [0.717, 1.165) is 38.0 Å². The summed E-state index contributed by atoms with van der Waals surface area (Å²) in [5.41, 5.74) is 8.12. The number of ether oxygens (including phenoxy) is 3.